The van der Waals surface area contributed by atoms with Crippen LogP contribution in [0.5, 0.6) is 11.5 Å². The number of hydrogen-bond acceptors (Lipinski definition) is 4. The molecule has 0 atom stereocenters. The molecule has 0 aromatic heterocycles. The molecule has 0 saturated heterocycles. The molecule has 0 spiro atoms. The second kappa shape index (κ2) is 10.2. The van der Waals surface area contributed by atoms with Crippen molar-refractivity contribution in [3.05, 3.63) is 65.7 Å². The van der Waals surface area contributed by atoms with Gasteiger partial charge in [0.2, 0.25) is 0 Å². The summed E-state index contributed by atoms with van der Waals surface area (Å²) in [6.07, 6.45) is 7.95. The number of hydrogen-bond donors (Lipinski definition) is 1. The first-order valence-corrected chi connectivity index (χ1v) is 8.42. The summed E-state index contributed by atoms with van der Waals surface area (Å²) < 4.78 is 5.12. The molecular weight excluding hydrogens is 314 g/mol. The predicted octanol–water partition coefficient (Wildman–Crippen LogP) is 4.83. The van der Waals surface area contributed by atoms with Gasteiger partial charge in [-0.05, 0) is 55.0 Å². The normalized spacial score (nSPS) is 11.7. The maximum Gasteiger partial charge on any atom is 0.161 e. The van der Waals surface area contributed by atoms with Crippen molar-refractivity contribution in [2.75, 3.05) is 14.2 Å². The minimum atomic E-state index is 0.131. The van der Waals surface area contributed by atoms with Crippen LogP contribution in [0, 0.1) is 0 Å². The molecule has 25 heavy (non-hydrogen) atoms. The number of aromatic hydroxyl groups is 1. The predicted molar refractivity (Wildman–Crippen MR) is 102 cm³/mol. The fourth-order valence-corrected chi connectivity index (χ4v) is 2.55. The highest BCUT2D eigenvalue weighted by Gasteiger charge is 2.02. The van der Waals surface area contributed by atoms with Crippen LogP contribution in [-0.2, 0) is 11.3 Å². The van der Waals surface area contributed by atoms with E-state index in [4.69, 9.17) is 9.57 Å². The summed E-state index contributed by atoms with van der Waals surface area (Å²) >= 11 is 0. The standard InChI is InChI=1S/C21H25NO3/c1-24-21-16-18(13-15-20(21)23)12-14-19(22-25-2)11-7-6-10-17-8-4-3-5-9-17/h3-5,8-9,12-16,23H,6-7,10-11H2,1-2H3/b14-12+,22-19+. The lowest BCUT2D eigenvalue weighted by atomic mass is 10.0. The molecule has 0 heterocycles. The third kappa shape index (κ3) is 6.34. The maximum atomic E-state index is 9.64. The Balaban J connectivity index is 1.89. The van der Waals surface area contributed by atoms with Gasteiger partial charge in [0.1, 0.15) is 7.11 Å². The molecule has 0 unspecified atom stereocenters. The van der Waals surface area contributed by atoms with Gasteiger partial charge in [-0.25, -0.2) is 0 Å². The van der Waals surface area contributed by atoms with Crippen molar-refractivity contribution < 1.29 is 14.7 Å². The number of aryl methyl sites for hydroxylation is 1. The third-order valence-corrected chi connectivity index (χ3v) is 3.87. The topological polar surface area (TPSA) is 51.0 Å². The molecule has 2 aromatic carbocycles. The molecule has 0 aliphatic carbocycles. The fourth-order valence-electron chi connectivity index (χ4n) is 2.55. The van der Waals surface area contributed by atoms with Crippen molar-refractivity contribution in [1.29, 1.82) is 0 Å². The summed E-state index contributed by atoms with van der Waals surface area (Å²) in [6.45, 7) is 0. The number of unbranched alkanes of at least 4 members (excludes halogenated alkanes) is 1. The van der Waals surface area contributed by atoms with Crippen LogP contribution in [0.25, 0.3) is 6.08 Å². The zero-order valence-electron chi connectivity index (χ0n) is 14.8. The van der Waals surface area contributed by atoms with Crippen molar-refractivity contribution >= 4 is 11.8 Å². The highest BCUT2D eigenvalue weighted by Crippen LogP contribution is 2.26. The molecule has 0 saturated carbocycles. The van der Waals surface area contributed by atoms with E-state index in [1.54, 1.807) is 19.2 Å². The lowest BCUT2D eigenvalue weighted by molar-refractivity contribution is 0.213. The van der Waals surface area contributed by atoms with Gasteiger partial charge in [-0.15, -0.1) is 0 Å². The summed E-state index contributed by atoms with van der Waals surface area (Å²) in [6, 6.07) is 15.7. The Bertz CT molecular complexity index is 708. The van der Waals surface area contributed by atoms with E-state index in [0.717, 1.165) is 37.0 Å². The monoisotopic (exact) mass is 339 g/mol. The molecule has 1 N–H and O–H groups in total. The van der Waals surface area contributed by atoms with E-state index < -0.39 is 0 Å². The van der Waals surface area contributed by atoms with Crippen LogP contribution in [0.1, 0.15) is 30.4 Å². The number of nitrogens with zero attached hydrogens (tertiary/aromatic N) is 1. The molecular formula is C21H25NO3. The quantitative estimate of drug-likeness (QED) is 0.404. The van der Waals surface area contributed by atoms with Crippen molar-refractivity contribution in [2.24, 2.45) is 5.16 Å². The van der Waals surface area contributed by atoms with Crippen molar-refractivity contribution in [1.82, 2.24) is 0 Å². The van der Waals surface area contributed by atoms with Gasteiger partial charge in [0.25, 0.3) is 0 Å². The Morgan fingerprint density at radius 2 is 1.88 bits per heavy atom. The molecule has 132 valence electrons. The number of oxime groups is 1. The second-order valence-electron chi connectivity index (χ2n) is 5.72. The molecule has 0 aliphatic rings. The van der Waals surface area contributed by atoms with E-state index in [-0.39, 0.29) is 5.75 Å². The first kappa shape index (κ1) is 18.6. The van der Waals surface area contributed by atoms with Crippen LogP contribution in [0.4, 0.5) is 0 Å². The molecule has 2 rings (SSSR count). The Hall–Kier alpha value is -2.75. The van der Waals surface area contributed by atoms with Crippen molar-refractivity contribution in [2.45, 2.75) is 25.7 Å². The molecule has 2 aromatic rings. The van der Waals surface area contributed by atoms with Gasteiger partial charge in [0.15, 0.2) is 11.5 Å². The Morgan fingerprint density at radius 1 is 1.08 bits per heavy atom. The first-order chi connectivity index (χ1) is 12.2. The van der Waals surface area contributed by atoms with E-state index in [0.29, 0.717) is 5.75 Å². The summed E-state index contributed by atoms with van der Waals surface area (Å²) in [5, 5.41) is 13.7. The lowest BCUT2D eigenvalue weighted by Gasteiger charge is -2.04. The Morgan fingerprint density at radius 3 is 2.60 bits per heavy atom. The van der Waals surface area contributed by atoms with Gasteiger partial charge in [-0.2, -0.15) is 0 Å². The zero-order valence-corrected chi connectivity index (χ0v) is 14.8. The number of phenolic OH excluding ortho intramolecular Hbond substituents is 1. The average molecular weight is 339 g/mol. The summed E-state index contributed by atoms with van der Waals surface area (Å²) in [4.78, 5) is 4.94. The molecule has 0 radical (unpaired) electrons. The minimum Gasteiger partial charge on any atom is -0.504 e. The van der Waals surface area contributed by atoms with Crippen molar-refractivity contribution in [3.63, 3.8) is 0 Å². The van der Waals surface area contributed by atoms with Gasteiger partial charge in [0.05, 0.1) is 12.8 Å². The Labute approximate surface area is 149 Å². The Kier molecular flexibility index (Phi) is 7.57. The molecule has 0 bridgehead atoms. The number of allylic oxidation sites excluding steroid dienone is 1. The molecule has 4 heteroatoms. The van der Waals surface area contributed by atoms with E-state index in [1.807, 2.05) is 24.3 Å². The number of phenols is 1. The van der Waals surface area contributed by atoms with Gasteiger partial charge in [-0.1, -0.05) is 47.6 Å². The average Bonchev–Trinajstić information content (AvgIpc) is 2.65. The van der Waals surface area contributed by atoms with E-state index >= 15 is 0 Å². The molecule has 0 amide bonds. The molecule has 4 nitrogen and oxygen atoms in total. The van der Waals surface area contributed by atoms with E-state index in [2.05, 4.69) is 29.4 Å². The van der Waals surface area contributed by atoms with Gasteiger partial charge in [-0.3, -0.25) is 0 Å². The lowest BCUT2D eigenvalue weighted by Crippen LogP contribution is -1.96. The van der Waals surface area contributed by atoms with Crippen LogP contribution in [0.3, 0.4) is 0 Å². The van der Waals surface area contributed by atoms with E-state index in [1.165, 1.54) is 12.7 Å². The fraction of sp³-hybridized carbons (Fsp3) is 0.286. The second-order valence-corrected chi connectivity index (χ2v) is 5.72. The summed E-state index contributed by atoms with van der Waals surface area (Å²) in [5.41, 5.74) is 3.19. The van der Waals surface area contributed by atoms with Gasteiger partial charge < -0.3 is 14.7 Å². The van der Waals surface area contributed by atoms with Gasteiger partial charge >= 0.3 is 0 Å². The van der Waals surface area contributed by atoms with Crippen LogP contribution < -0.4 is 4.74 Å². The zero-order chi connectivity index (χ0) is 17.9. The SMILES string of the molecule is CO/N=C(/C=C/c1ccc(O)c(OC)c1)CCCCc1ccccc1. The maximum absolute atomic E-state index is 9.64. The van der Waals surface area contributed by atoms with Crippen LogP contribution in [0.15, 0.2) is 59.8 Å². The van der Waals surface area contributed by atoms with Crippen molar-refractivity contribution in [3.8, 4) is 11.5 Å². The summed E-state index contributed by atoms with van der Waals surface area (Å²) in [7, 11) is 3.09. The number of benzene rings is 2. The first-order valence-electron chi connectivity index (χ1n) is 8.42. The molecule has 0 aliphatic heterocycles. The highest BCUT2D eigenvalue weighted by atomic mass is 16.6. The number of rotatable bonds is 9. The number of ether oxygens (including phenoxy) is 1. The largest absolute Gasteiger partial charge is 0.504 e. The van der Waals surface area contributed by atoms with Crippen LogP contribution in [0.2, 0.25) is 0 Å². The van der Waals surface area contributed by atoms with E-state index in [9.17, 15) is 5.11 Å². The highest BCUT2D eigenvalue weighted by molar-refractivity contribution is 5.97. The van der Waals surface area contributed by atoms with Crippen LogP contribution >= 0.6 is 0 Å². The van der Waals surface area contributed by atoms with Gasteiger partial charge in [0, 0.05) is 0 Å². The number of methoxy groups -OCH3 is 1. The smallest absolute Gasteiger partial charge is 0.161 e. The third-order valence-electron chi connectivity index (χ3n) is 3.87. The molecule has 0 fully saturated rings. The summed E-state index contributed by atoms with van der Waals surface area (Å²) in [5.74, 6) is 0.585. The minimum absolute atomic E-state index is 0.131. The van der Waals surface area contributed by atoms with Crippen LogP contribution in [-0.4, -0.2) is 25.0 Å².